The quantitative estimate of drug-likeness (QED) is 0.880. The Morgan fingerprint density at radius 1 is 1.23 bits per heavy atom. The standard InChI is InChI=1S/C16H19N3O3/c1-19(15-7-5-11(9-18-15)16(17)20)10-12-4-6-13(21-2)8-14(12)22-3/h4-9H,10H2,1-3H3,(H2,17,20). The van der Waals surface area contributed by atoms with Gasteiger partial charge in [-0.15, -0.1) is 0 Å². The van der Waals surface area contributed by atoms with Gasteiger partial charge in [-0.05, 0) is 24.3 Å². The third-order valence-electron chi connectivity index (χ3n) is 3.33. The molecular weight excluding hydrogens is 282 g/mol. The SMILES string of the molecule is COc1ccc(CN(C)c2ccc(C(N)=O)cn2)c(OC)c1. The molecule has 0 atom stereocenters. The van der Waals surface area contributed by atoms with Crippen molar-refractivity contribution in [1.29, 1.82) is 0 Å². The first kappa shape index (κ1) is 15.6. The predicted molar refractivity (Wildman–Crippen MR) is 84.4 cm³/mol. The molecule has 1 amide bonds. The van der Waals surface area contributed by atoms with Gasteiger partial charge in [0.1, 0.15) is 17.3 Å². The van der Waals surface area contributed by atoms with E-state index in [0.717, 1.165) is 22.9 Å². The minimum Gasteiger partial charge on any atom is -0.497 e. The average molecular weight is 301 g/mol. The molecule has 6 heteroatoms. The molecule has 22 heavy (non-hydrogen) atoms. The molecule has 0 aliphatic rings. The second-order valence-electron chi connectivity index (χ2n) is 4.80. The van der Waals surface area contributed by atoms with Gasteiger partial charge >= 0.3 is 0 Å². The van der Waals surface area contributed by atoms with Crippen LogP contribution in [0.3, 0.4) is 0 Å². The van der Waals surface area contributed by atoms with Gasteiger partial charge in [-0.1, -0.05) is 0 Å². The highest BCUT2D eigenvalue weighted by Gasteiger charge is 2.10. The lowest BCUT2D eigenvalue weighted by atomic mass is 10.1. The molecule has 1 aromatic heterocycles. The van der Waals surface area contributed by atoms with E-state index in [4.69, 9.17) is 15.2 Å². The number of rotatable bonds is 6. The number of nitrogens with zero attached hydrogens (tertiary/aromatic N) is 2. The number of nitrogens with two attached hydrogens (primary N) is 1. The Labute approximate surface area is 129 Å². The molecule has 0 aliphatic heterocycles. The van der Waals surface area contributed by atoms with E-state index >= 15 is 0 Å². The molecule has 1 aromatic carbocycles. The summed E-state index contributed by atoms with van der Waals surface area (Å²) in [4.78, 5) is 17.3. The fourth-order valence-corrected chi connectivity index (χ4v) is 2.08. The van der Waals surface area contributed by atoms with E-state index in [0.29, 0.717) is 12.1 Å². The molecule has 0 radical (unpaired) electrons. The van der Waals surface area contributed by atoms with Crippen molar-refractivity contribution in [2.24, 2.45) is 5.73 Å². The van der Waals surface area contributed by atoms with Gasteiger partial charge in [-0.25, -0.2) is 4.98 Å². The van der Waals surface area contributed by atoms with Crippen molar-refractivity contribution in [2.45, 2.75) is 6.54 Å². The fourth-order valence-electron chi connectivity index (χ4n) is 2.08. The third kappa shape index (κ3) is 3.46. The maximum absolute atomic E-state index is 11.1. The molecule has 0 bridgehead atoms. The summed E-state index contributed by atoms with van der Waals surface area (Å²) in [5.41, 5.74) is 6.60. The zero-order valence-electron chi connectivity index (χ0n) is 12.9. The van der Waals surface area contributed by atoms with Gasteiger partial charge in [0, 0.05) is 31.4 Å². The molecule has 0 unspecified atom stereocenters. The van der Waals surface area contributed by atoms with Crippen LogP contribution < -0.4 is 20.1 Å². The molecule has 2 aromatic rings. The van der Waals surface area contributed by atoms with Crippen molar-refractivity contribution in [2.75, 3.05) is 26.2 Å². The number of methoxy groups -OCH3 is 2. The number of benzene rings is 1. The Bertz CT molecular complexity index is 656. The van der Waals surface area contributed by atoms with Crippen LogP contribution in [0.1, 0.15) is 15.9 Å². The van der Waals surface area contributed by atoms with Crippen LogP contribution in [-0.4, -0.2) is 32.2 Å². The molecule has 1 heterocycles. The van der Waals surface area contributed by atoms with Gasteiger partial charge in [0.15, 0.2) is 0 Å². The number of hydrogen-bond acceptors (Lipinski definition) is 5. The van der Waals surface area contributed by atoms with Crippen LogP contribution >= 0.6 is 0 Å². The second-order valence-corrected chi connectivity index (χ2v) is 4.80. The van der Waals surface area contributed by atoms with Crippen LogP contribution in [-0.2, 0) is 6.54 Å². The Hall–Kier alpha value is -2.76. The average Bonchev–Trinajstić information content (AvgIpc) is 2.55. The highest BCUT2D eigenvalue weighted by molar-refractivity contribution is 5.92. The summed E-state index contributed by atoms with van der Waals surface area (Å²) in [6, 6.07) is 9.09. The number of hydrogen-bond donors (Lipinski definition) is 1. The van der Waals surface area contributed by atoms with Gasteiger partial charge in [-0.2, -0.15) is 0 Å². The van der Waals surface area contributed by atoms with Gasteiger partial charge in [-0.3, -0.25) is 4.79 Å². The summed E-state index contributed by atoms with van der Waals surface area (Å²) in [5, 5.41) is 0. The summed E-state index contributed by atoms with van der Waals surface area (Å²) in [5.74, 6) is 1.74. The van der Waals surface area contributed by atoms with Gasteiger partial charge < -0.3 is 20.1 Å². The summed E-state index contributed by atoms with van der Waals surface area (Å²) >= 11 is 0. The largest absolute Gasteiger partial charge is 0.497 e. The van der Waals surface area contributed by atoms with E-state index in [2.05, 4.69) is 4.98 Å². The molecule has 0 saturated heterocycles. The van der Waals surface area contributed by atoms with Crippen LogP contribution in [0.5, 0.6) is 11.5 Å². The second kappa shape index (κ2) is 6.80. The van der Waals surface area contributed by atoms with Crippen molar-refractivity contribution < 1.29 is 14.3 Å². The minimum atomic E-state index is -0.487. The van der Waals surface area contributed by atoms with Gasteiger partial charge in [0.2, 0.25) is 5.91 Å². The smallest absolute Gasteiger partial charge is 0.250 e. The summed E-state index contributed by atoms with van der Waals surface area (Å²) < 4.78 is 10.6. The number of carbonyl (C=O) groups is 1. The zero-order valence-corrected chi connectivity index (χ0v) is 12.9. The molecule has 116 valence electrons. The van der Waals surface area contributed by atoms with E-state index in [1.807, 2.05) is 30.1 Å². The number of anilines is 1. The molecule has 0 aliphatic carbocycles. The topological polar surface area (TPSA) is 77.7 Å². The maximum atomic E-state index is 11.1. The van der Waals surface area contributed by atoms with Crippen LogP contribution in [0.15, 0.2) is 36.5 Å². The zero-order chi connectivity index (χ0) is 16.1. The van der Waals surface area contributed by atoms with E-state index in [1.54, 1.807) is 26.4 Å². The van der Waals surface area contributed by atoms with Gasteiger partial charge in [0.25, 0.3) is 0 Å². The fraction of sp³-hybridized carbons (Fsp3) is 0.250. The van der Waals surface area contributed by atoms with Crippen LogP contribution in [0.25, 0.3) is 0 Å². The highest BCUT2D eigenvalue weighted by Crippen LogP contribution is 2.26. The molecule has 2 N–H and O–H groups in total. The lowest BCUT2D eigenvalue weighted by Crippen LogP contribution is -2.19. The summed E-state index contributed by atoms with van der Waals surface area (Å²) in [7, 11) is 5.15. The molecule has 0 spiro atoms. The molecule has 6 nitrogen and oxygen atoms in total. The Morgan fingerprint density at radius 2 is 2.00 bits per heavy atom. The van der Waals surface area contributed by atoms with Crippen molar-refractivity contribution >= 4 is 11.7 Å². The van der Waals surface area contributed by atoms with E-state index < -0.39 is 5.91 Å². The number of carbonyl (C=O) groups excluding carboxylic acids is 1. The van der Waals surface area contributed by atoms with Crippen LogP contribution in [0, 0.1) is 0 Å². The van der Waals surface area contributed by atoms with Crippen molar-refractivity contribution in [3.63, 3.8) is 0 Å². The highest BCUT2D eigenvalue weighted by atomic mass is 16.5. The van der Waals surface area contributed by atoms with Gasteiger partial charge in [0.05, 0.1) is 19.8 Å². The Kier molecular flexibility index (Phi) is 4.83. The molecular formula is C16H19N3O3. The first-order valence-corrected chi connectivity index (χ1v) is 6.73. The van der Waals surface area contributed by atoms with Crippen molar-refractivity contribution in [1.82, 2.24) is 4.98 Å². The number of amides is 1. The first-order chi connectivity index (χ1) is 10.5. The minimum absolute atomic E-state index is 0.388. The predicted octanol–water partition coefficient (Wildman–Crippen LogP) is 1.83. The van der Waals surface area contributed by atoms with E-state index in [1.165, 1.54) is 6.20 Å². The molecule has 0 fully saturated rings. The number of primary amides is 1. The number of aromatic nitrogens is 1. The molecule has 0 saturated carbocycles. The monoisotopic (exact) mass is 301 g/mol. The summed E-state index contributed by atoms with van der Waals surface area (Å²) in [6.45, 7) is 0.607. The van der Waals surface area contributed by atoms with Crippen LogP contribution in [0.4, 0.5) is 5.82 Å². The number of pyridine rings is 1. The molecule has 2 rings (SSSR count). The summed E-state index contributed by atoms with van der Waals surface area (Å²) in [6.07, 6.45) is 1.47. The van der Waals surface area contributed by atoms with Crippen LogP contribution in [0.2, 0.25) is 0 Å². The Morgan fingerprint density at radius 3 is 2.55 bits per heavy atom. The normalized spacial score (nSPS) is 10.1. The number of ether oxygens (including phenoxy) is 2. The maximum Gasteiger partial charge on any atom is 0.250 e. The van der Waals surface area contributed by atoms with E-state index in [9.17, 15) is 4.79 Å². The lowest BCUT2D eigenvalue weighted by molar-refractivity contribution is 0.1000. The van der Waals surface area contributed by atoms with E-state index in [-0.39, 0.29) is 0 Å². The van der Waals surface area contributed by atoms with Crippen molar-refractivity contribution in [3.05, 3.63) is 47.7 Å². The third-order valence-corrected chi connectivity index (χ3v) is 3.33. The lowest BCUT2D eigenvalue weighted by Gasteiger charge is -2.20. The Balaban J connectivity index is 2.17. The van der Waals surface area contributed by atoms with Crippen molar-refractivity contribution in [3.8, 4) is 11.5 Å². The first-order valence-electron chi connectivity index (χ1n) is 6.73.